The fourth-order valence-electron chi connectivity index (χ4n) is 2.08. The van der Waals surface area contributed by atoms with Crippen LogP contribution in [0.15, 0.2) is 60.2 Å². The summed E-state index contributed by atoms with van der Waals surface area (Å²) in [4.78, 5) is 8.39. The number of aromatic nitrogens is 1. The number of pyridine rings is 1. The molecule has 0 fully saturated rings. The Morgan fingerprint density at radius 2 is 1.92 bits per heavy atom. The first-order valence-corrected chi connectivity index (χ1v) is 8.16. The lowest BCUT2D eigenvalue weighted by Gasteiger charge is -2.11. The number of rotatable bonds is 8. The summed E-state index contributed by atoms with van der Waals surface area (Å²) < 4.78 is 11.2. The molecular weight excluding hydrogens is 443 g/mol. The summed E-state index contributed by atoms with van der Waals surface area (Å²) in [6.45, 7) is 7.53. The van der Waals surface area contributed by atoms with Crippen molar-refractivity contribution >= 4 is 29.9 Å². The first kappa shape index (κ1) is 21.8. The van der Waals surface area contributed by atoms with Crippen LogP contribution in [0.5, 0.6) is 17.4 Å². The maximum atomic E-state index is 5.80. The minimum absolute atomic E-state index is 0. The maximum absolute atomic E-state index is 5.80. The molecule has 0 bridgehead atoms. The lowest BCUT2D eigenvalue weighted by Crippen LogP contribution is -2.36. The van der Waals surface area contributed by atoms with Crippen LogP contribution in [0.2, 0.25) is 0 Å². The molecule has 26 heavy (non-hydrogen) atoms. The number of ether oxygens (including phenoxy) is 2. The highest BCUT2D eigenvalue weighted by Crippen LogP contribution is 2.23. The Hall–Kier alpha value is -2.29. The van der Waals surface area contributed by atoms with Gasteiger partial charge >= 0.3 is 0 Å². The Labute approximate surface area is 171 Å². The smallest absolute Gasteiger partial charge is 0.219 e. The van der Waals surface area contributed by atoms with Crippen molar-refractivity contribution in [3.8, 4) is 17.4 Å². The number of hydrogen-bond acceptors (Lipinski definition) is 4. The fourth-order valence-corrected chi connectivity index (χ4v) is 2.08. The predicted octanol–water partition coefficient (Wildman–Crippen LogP) is 3.74. The van der Waals surface area contributed by atoms with E-state index in [1.807, 2.05) is 43.3 Å². The van der Waals surface area contributed by atoms with E-state index in [-0.39, 0.29) is 24.0 Å². The number of hydrogen-bond donors (Lipinski definition) is 2. The normalized spacial score (nSPS) is 10.5. The molecule has 1 aromatic heterocycles. The highest BCUT2D eigenvalue weighted by Gasteiger charge is 2.03. The fraction of sp³-hybridized carbons (Fsp3) is 0.263. The van der Waals surface area contributed by atoms with Crippen molar-refractivity contribution in [2.24, 2.45) is 4.99 Å². The number of aliphatic imine (C=N–C) groups is 1. The highest BCUT2D eigenvalue weighted by atomic mass is 127. The molecule has 7 heteroatoms. The van der Waals surface area contributed by atoms with E-state index in [1.165, 1.54) is 0 Å². The molecule has 2 rings (SSSR count). The zero-order valence-corrected chi connectivity index (χ0v) is 17.4. The van der Waals surface area contributed by atoms with Crippen molar-refractivity contribution in [2.45, 2.75) is 13.5 Å². The molecule has 0 atom stereocenters. The lowest BCUT2D eigenvalue weighted by molar-refractivity contribution is 0.339. The van der Waals surface area contributed by atoms with Crippen molar-refractivity contribution in [1.29, 1.82) is 0 Å². The van der Waals surface area contributed by atoms with E-state index in [9.17, 15) is 0 Å². The second-order valence-corrected chi connectivity index (χ2v) is 5.10. The van der Waals surface area contributed by atoms with E-state index in [2.05, 4.69) is 27.2 Å². The number of nitrogens with zero attached hydrogens (tertiary/aromatic N) is 2. The van der Waals surface area contributed by atoms with Gasteiger partial charge in [0.05, 0.1) is 6.61 Å². The first-order chi connectivity index (χ1) is 12.2. The molecule has 1 aromatic carbocycles. The lowest BCUT2D eigenvalue weighted by atomic mass is 10.2. The number of halogens is 1. The summed E-state index contributed by atoms with van der Waals surface area (Å²) in [6, 6.07) is 11.3. The standard InChI is InChI=1S/C19H24N4O2.HI/c1-4-11-22-19(20-3)23-14-15-10-12-21-18(13-15)25-17-8-6-16(7-9-17)24-5-2;/h4,6-10,12-13H,1,5,11,14H2,2-3H3,(H2,20,22,23);1H. The second kappa shape index (κ2) is 12.1. The summed E-state index contributed by atoms with van der Waals surface area (Å²) in [5.41, 5.74) is 1.04. The van der Waals surface area contributed by atoms with Crippen LogP contribution in [-0.4, -0.2) is 31.1 Å². The third-order valence-corrected chi connectivity index (χ3v) is 3.25. The quantitative estimate of drug-likeness (QED) is 0.268. The Bertz CT molecular complexity index is 705. The van der Waals surface area contributed by atoms with Crippen molar-refractivity contribution in [1.82, 2.24) is 15.6 Å². The molecule has 0 radical (unpaired) electrons. The van der Waals surface area contributed by atoms with Crippen LogP contribution in [0.4, 0.5) is 0 Å². The molecule has 1 heterocycles. The van der Waals surface area contributed by atoms with Crippen molar-refractivity contribution in [2.75, 3.05) is 20.2 Å². The zero-order valence-electron chi connectivity index (χ0n) is 15.1. The van der Waals surface area contributed by atoms with Crippen LogP contribution in [0, 0.1) is 0 Å². The second-order valence-electron chi connectivity index (χ2n) is 5.10. The number of benzene rings is 1. The minimum atomic E-state index is 0. The van der Waals surface area contributed by atoms with Gasteiger partial charge in [0.1, 0.15) is 11.5 Å². The number of guanidine groups is 1. The van der Waals surface area contributed by atoms with Crippen LogP contribution in [-0.2, 0) is 6.54 Å². The number of nitrogens with one attached hydrogen (secondary N) is 2. The summed E-state index contributed by atoms with van der Waals surface area (Å²) in [5.74, 6) is 2.78. The van der Waals surface area contributed by atoms with Gasteiger partial charge in [-0.05, 0) is 42.8 Å². The topological polar surface area (TPSA) is 67.8 Å². The van der Waals surface area contributed by atoms with Crippen LogP contribution < -0.4 is 20.1 Å². The highest BCUT2D eigenvalue weighted by molar-refractivity contribution is 14.0. The van der Waals surface area contributed by atoms with Gasteiger partial charge in [-0.2, -0.15) is 0 Å². The van der Waals surface area contributed by atoms with Crippen molar-refractivity contribution in [3.05, 3.63) is 60.8 Å². The van der Waals surface area contributed by atoms with E-state index < -0.39 is 0 Å². The third-order valence-electron chi connectivity index (χ3n) is 3.25. The summed E-state index contributed by atoms with van der Waals surface area (Å²) >= 11 is 0. The molecule has 0 aliphatic carbocycles. The largest absolute Gasteiger partial charge is 0.494 e. The van der Waals surface area contributed by atoms with E-state index >= 15 is 0 Å². The molecule has 2 N–H and O–H groups in total. The average Bonchev–Trinajstić information content (AvgIpc) is 2.64. The third kappa shape index (κ3) is 7.30. The Morgan fingerprint density at radius 1 is 1.19 bits per heavy atom. The van der Waals surface area contributed by atoms with Crippen LogP contribution in [0.25, 0.3) is 0 Å². The van der Waals surface area contributed by atoms with E-state index in [0.717, 1.165) is 11.3 Å². The SMILES string of the molecule is C=CCNC(=NC)NCc1ccnc(Oc2ccc(OCC)cc2)c1.I. The van der Waals surface area contributed by atoms with Crippen LogP contribution >= 0.6 is 24.0 Å². The molecule has 6 nitrogen and oxygen atoms in total. The van der Waals surface area contributed by atoms with Gasteiger partial charge in [0.2, 0.25) is 5.88 Å². The van der Waals surface area contributed by atoms with Gasteiger partial charge in [0.15, 0.2) is 5.96 Å². The molecule has 0 aliphatic rings. The van der Waals surface area contributed by atoms with Gasteiger partial charge in [-0.25, -0.2) is 4.98 Å². The molecule has 0 amide bonds. The Balaban J connectivity index is 0.00000338. The van der Waals surface area contributed by atoms with Gasteiger partial charge in [0.25, 0.3) is 0 Å². The maximum Gasteiger partial charge on any atom is 0.219 e. The molecule has 2 aromatic rings. The Kier molecular flexibility index (Phi) is 10.1. The van der Waals surface area contributed by atoms with Crippen molar-refractivity contribution < 1.29 is 9.47 Å². The van der Waals surface area contributed by atoms with Gasteiger partial charge in [-0.1, -0.05) is 6.08 Å². The molecule has 140 valence electrons. The first-order valence-electron chi connectivity index (χ1n) is 8.16. The molecule has 0 spiro atoms. The summed E-state index contributed by atoms with van der Waals surface area (Å²) in [5, 5.41) is 6.35. The average molecular weight is 468 g/mol. The summed E-state index contributed by atoms with van der Waals surface area (Å²) in [6.07, 6.45) is 3.50. The Morgan fingerprint density at radius 3 is 2.58 bits per heavy atom. The van der Waals surface area contributed by atoms with Gasteiger partial charge in [-0.3, -0.25) is 4.99 Å². The van der Waals surface area contributed by atoms with Gasteiger partial charge < -0.3 is 20.1 Å². The molecule has 0 unspecified atom stereocenters. The molecule has 0 saturated carbocycles. The predicted molar refractivity (Wildman–Crippen MR) is 116 cm³/mol. The summed E-state index contributed by atoms with van der Waals surface area (Å²) in [7, 11) is 1.73. The minimum Gasteiger partial charge on any atom is -0.494 e. The van der Waals surface area contributed by atoms with Crippen molar-refractivity contribution in [3.63, 3.8) is 0 Å². The van der Waals surface area contributed by atoms with Gasteiger partial charge in [0, 0.05) is 32.4 Å². The zero-order chi connectivity index (χ0) is 17.9. The monoisotopic (exact) mass is 468 g/mol. The van der Waals surface area contributed by atoms with E-state index in [0.29, 0.717) is 37.3 Å². The van der Waals surface area contributed by atoms with E-state index in [1.54, 1.807) is 19.3 Å². The molecule has 0 saturated heterocycles. The van der Waals surface area contributed by atoms with Crippen LogP contribution in [0.3, 0.4) is 0 Å². The molecule has 0 aliphatic heterocycles. The van der Waals surface area contributed by atoms with Crippen LogP contribution in [0.1, 0.15) is 12.5 Å². The molecular formula is C19H25IN4O2. The van der Waals surface area contributed by atoms with E-state index in [4.69, 9.17) is 9.47 Å². The van der Waals surface area contributed by atoms with Gasteiger partial charge in [-0.15, -0.1) is 30.6 Å².